The molecule has 1 aliphatic heterocycles. The molecule has 0 aromatic carbocycles. The summed E-state index contributed by atoms with van der Waals surface area (Å²) in [6, 6.07) is 3.94. The van der Waals surface area contributed by atoms with E-state index in [1.165, 1.54) is 0 Å². The third-order valence-electron chi connectivity index (χ3n) is 2.98. The topological polar surface area (TPSA) is 71.2 Å². The monoisotopic (exact) mass is 320 g/mol. The van der Waals surface area contributed by atoms with E-state index in [1.807, 2.05) is 19.9 Å². The molecule has 0 spiro atoms. The van der Waals surface area contributed by atoms with Gasteiger partial charge in [0, 0.05) is 31.4 Å². The van der Waals surface area contributed by atoms with Crippen molar-refractivity contribution in [2.24, 2.45) is 5.73 Å². The van der Waals surface area contributed by atoms with Crippen LogP contribution in [0.5, 0.6) is 0 Å². The molecule has 2 rings (SSSR count). The number of carbonyl (C=O) groups excluding carboxylic acids is 1. The summed E-state index contributed by atoms with van der Waals surface area (Å²) in [7, 11) is 0. The van der Waals surface area contributed by atoms with Crippen molar-refractivity contribution < 1.29 is 4.79 Å². The largest absolute Gasteiger partial charge is 0.367 e. The standard InChI is InChI=1S/C13H20N4O.2ClH/c1-9(2)16-12-11(4-3-6-15-12)13(18)17-7-5-10(14)8-17;;/h3-4,6,9-10H,5,7-8,14H2,1-2H3,(H,15,16);2*1H/t10-;;/m0../s1. The predicted octanol–water partition coefficient (Wildman–Crippen LogP) is 1.92. The van der Waals surface area contributed by atoms with Crippen LogP contribution in [-0.2, 0) is 0 Å². The zero-order valence-corrected chi connectivity index (χ0v) is 13.3. The molecule has 114 valence electrons. The molecule has 1 aromatic heterocycles. The molecule has 7 heteroatoms. The highest BCUT2D eigenvalue weighted by Crippen LogP contribution is 2.18. The zero-order valence-electron chi connectivity index (χ0n) is 11.7. The van der Waals surface area contributed by atoms with Crippen LogP contribution in [0.25, 0.3) is 0 Å². The smallest absolute Gasteiger partial charge is 0.257 e. The van der Waals surface area contributed by atoms with Gasteiger partial charge in [-0.1, -0.05) is 0 Å². The van der Waals surface area contributed by atoms with Gasteiger partial charge in [-0.05, 0) is 32.4 Å². The second-order valence-electron chi connectivity index (χ2n) is 5.00. The summed E-state index contributed by atoms with van der Waals surface area (Å²) in [5.41, 5.74) is 6.46. The Morgan fingerprint density at radius 3 is 2.75 bits per heavy atom. The number of hydrogen-bond acceptors (Lipinski definition) is 4. The number of hydrogen-bond donors (Lipinski definition) is 2. The van der Waals surface area contributed by atoms with Crippen molar-refractivity contribution in [2.45, 2.75) is 32.4 Å². The Bertz CT molecular complexity index is 442. The number of aromatic nitrogens is 1. The SMILES string of the molecule is CC(C)Nc1ncccc1C(=O)N1CC[C@H](N)C1.Cl.Cl. The number of amides is 1. The van der Waals surface area contributed by atoms with E-state index in [4.69, 9.17) is 5.73 Å². The summed E-state index contributed by atoms with van der Waals surface area (Å²) in [5, 5.41) is 3.20. The molecular formula is C13H22Cl2N4O. The van der Waals surface area contributed by atoms with Crippen molar-refractivity contribution in [3.8, 4) is 0 Å². The van der Waals surface area contributed by atoms with Gasteiger partial charge in [0.15, 0.2) is 0 Å². The molecule has 0 unspecified atom stereocenters. The summed E-state index contributed by atoms with van der Waals surface area (Å²) in [4.78, 5) is 18.4. The fraction of sp³-hybridized carbons (Fsp3) is 0.538. The van der Waals surface area contributed by atoms with Crippen molar-refractivity contribution in [2.75, 3.05) is 18.4 Å². The summed E-state index contributed by atoms with van der Waals surface area (Å²) in [6.45, 7) is 5.41. The van der Waals surface area contributed by atoms with Crippen LogP contribution in [-0.4, -0.2) is 41.0 Å². The third-order valence-corrected chi connectivity index (χ3v) is 2.98. The number of pyridine rings is 1. The van der Waals surface area contributed by atoms with Gasteiger partial charge in [-0.2, -0.15) is 0 Å². The van der Waals surface area contributed by atoms with Crippen molar-refractivity contribution in [3.05, 3.63) is 23.9 Å². The first kappa shape index (κ1) is 19.0. The number of halogens is 2. The summed E-state index contributed by atoms with van der Waals surface area (Å²) in [6.07, 6.45) is 2.57. The van der Waals surface area contributed by atoms with Crippen LogP contribution in [0.2, 0.25) is 0 Å². The normalized spacial score (nSPS) is 17.4. The number of rotatable bonds is 3. The summed E-state index contributed by atoms with van der Waals surface area (Å²) in [5.74, 6) is 0.664. The molecule has 20 heavy (non-hydrogen) atoms. The Kier molecular flexibility index (Phi) is 7.86. The van der Waals surface area contributed by atoms with Gasteiger partial charge in [0.2, 0.25) is 0 Å². The first-order chi connectivity index (χ1) is 8.58. The highest BCUT2D eigenvalue weighted by atomic mass is 35.5. The molecule has 1 atom stereocenters. The van der Waals surface area contributed by atoms with E-state index >= 15 is 0 Å². The number of likely N-dealkylation sites (tertiary alicyclic amines) is 1. The zero-order chi connectivity index (χ0) is 13.1. The molecule has 0 bridgehead atoms. The maximum atomic E-state index is 12.4. The third kappa shape index (κ3) is 4.51. The fourth-order valence-electron chi connectivity index (χ4n) is 2.11. The maximum Gasteiger partial charge on any atom is 0.257 e. The minimum atomic E-state index is 0. The Balaban J connectivity index is 0.00000180. The van der Waals surface area contributed by atoms with E-state index in [-0.39, 0.29) is 42.8 Å². The van der Waals surface area contributed by atoms with Gasteiger partial charge in [0.05, 0.1) is 5.56 Å². The van der Waals surface area contributed by atoms with E-state index < -0.39 is 0 Å². The van der Waals surface area contributed by atoms with Crippen molar-refractivity contribution in [1.29, 1.82) is 0 Å². The van der Waals surface area contributed by atoms with E-state index in [9.17, 15) is 4.79 Å². The predicted molar refractivity (Wildman–Crippen MR) is 86.0 cm³/mol. The molecule has 2 heterocycles. The van der Waals surface area contributed by atoms with Gasteiger partial charge in [0.1, 0.15) is 5.82 Å². The molecule has 0 saturated carbocycles. The average Bonchev–Trinajstić information content (AvgIpc) is 2.75. The lowest BCUT2D eigenvalue weighted by molar-refractivity contribution is 0.0791. The second-order valence-corrected chi connectivity index (χ2v) is 5.00. The lowest BCUT2D eigenvalue weighted by Gasteiger charge is -2.19. The molecule has 0 aliphatic carbocycles. The molecule has 1 aliphatic rings. The van der Waals surface area contributed by atoms with Gasteiger partial charge in [-0.15, -0.1) is 24.8 Å². The van der Waals surface area contributed by atoms with E-state index in [1.54, 1.807) is 17.2 Å². The van der Waals surface area contributed by atoms with Gasteiger partial charge in [0.25, 0.3) is 5.91 Å². The van der Waals surface area contributed by atoms with Crippen LogP contribution in [0.3, 0.4) is 0 Å². The number of anilines is 1. The van der Waals surface area contributed by atoms with E-state index in [2.05, 4.69) is 10.3 Å². The van der Waals surface area contributed by atoms with Crippen LogP contribution < -0.4 is 11.1 Å². The van der Waals surface area contributed by atoms with Crippen LogP contribution in [0, 0.1) is 0 Å². The van der Waals surface area contributed by atoms with Gasteiger partial charge >= 0.3 is 0 Å². The minimum Gasteiger partial charge on any atom is -0.367 e. The number of nitrogens with one attached hydrogen (secondary N) is 1. The Morgan fingerprint density at radius 2 is 2.20 bits per heavy atom. The van der Waals surface area contributed by atoms with Gasteiger partial charge < -0.3 is 16.0 Å². The Labute approximate surface area is 132 Å². The van der Waals surface area contributed by atoms with Crippen molar-refractivity contribution >= 4 is 36.5 Å². The van der Waals surface area contributed by atoms with Crippen molar-refractivity contribution in [1.82, 2.24) is 9.88 Å². The van der Waals surface area contributed by atoms with Crippen LogP contribution in [0.15, 0.2) is 18.3 Å². The number of nitrogens with two attached hydrogens (primary N) is 1. The molecule has 1 amide bonds. The lowest BCUT2D eigenvalue weighted by Crippen LogP contribution is -2.32. The number of carbonyl (C=O) groups is 1. The molecule has 3 N–H and O–H groups in total. The fourth-order valence-corrected chi connectivity index (χ4v) is 2.11. The van der Waals surface area contributed by atoms with E-state index in [0.29, 0.717) is 17.9 Å². The number of nitrogens with zero attached hydrogens (tertiary/aromatic N) is 2. The van der Waals surface area contributed by atoms with Crippen LogP contribution >= 0.6 is 24.8 Å². The average molecular weight is 321 g/mol. The molecular weight excluding hydrogens is 299 g/mol. The van der Waals surface area contributed by atoms with Crippen LogP contribution in [0.4, 0.5) is 5.82 Å². The summed E-state index contributed by atoms with van der Waals surface area (Å²) >= 11 is 0. The lowest BCUT2D eigenvalue weighted by atomic mass is 10.2. The van der Waals surface area contributed by atoms with Gasteiger partial charge in [-0.3, -0.25) is 4.79 Å². The molecule has 0 radical (unpaired) electrons. The maximum absolute atomic E-state index is 12.4. The second kappa shape index (κ2) is 8.29. The van der Waals surface area contributed by atoms with E-state index in [0.717, 1.165) is 13.0 Å². The van der Waals surface area contributed by atoms with Gasteiger partial charge in [-0.25, -0.2) is 4.98 Å². The molecule has 1 saturated heterocycles. The molecule has 1 fully saturated rings. The molecule has 1 aromatic rings. The van der Waals surface area contributed by atoms with Crippen molar-refractivity contribution in [3.63, 3.8) is 0 Å². The quantitative estimate of drug-likeness (QED) is 0.892. The highest BCUT2D eigenvalue weighted by molar-refractivity contribution is 5.98. The summed E-state index contributed by atoms with van der Waals surface area (Å²) < 4.78 is 0. The Morgan fingerprint density at radius 1 is 1.50 bits per heavy atom. The minimum absolute atomic E-state index is 0. The molecule has 5 nitrogen and oxygen atoms in total. The highest BCUT2D eigenvalue weighted by Gasteiger charge is 2.26. The first-order valence-electron chi connectivity index (χ1n) is 6.34. The Hall–Kier alpha value is -1.04. The van der Waals surface area contributed by atoms with Crippen LogP contribution in [0.1, 0.15) is 30.6 Å². The first-order valence-corrected chi connectivity index (χ1v) is 6.34.